The lowest BCUT2D eigenvalue weighted by Crippen LogP contribution is -2.46. The van der Waals surface area contributed by atoms with Crippen molar-refractivity contribution in [2.45, 2.75) is 58.5 Å². The highest BCUT2D eigenvalue weighted by molar-refractivity contribution is 7.10. The van der Waals surface area contributed by atoms with Crippen LogP contribution in [-0.2, 0) is 0 Å². The van der Waals surface area contributed by atoms with E-state index in [1.54, 1.807) is 0 Å². The molecule has 5 nitrogen and oxygen atoms in total. The van der Waals surface area contributed by atoms with Crippen LogP contribution in [0.15, 0.2) is 22.5 Å². The van der Waals surface area contributed by atoms with Gasteiger partial charge in [-0.25, -0.2) is 0 Å². The Kier molecular flexibility index (Phi) is 8.62. The molecule has 3 rings (SSSR count). The second kappa shape index (κ2) is 11.2. The second-order valence-electron chi connectivity index (χ2n) is 8.47. The molecule has 0 saturated carbocycles. The minimum Gasteiger partial charge on any atom is -0.357 e. The Morgan fingerprint density at radius 3 is 2.64 bits per heavy atom. The van der Waals surface area contributed by atoms with Crippen molar-refractivity contribution in [2.75, 3.05) is 45.8 Å². The molecule has 6 heteroatoms. The fourth-order valence-electron chi connectivity index (χ4n) is 4.41. The molecule has 2 saturated heterocycles. The van der Waals surface area contributed by atoms with Crippen molar-refractivity contribution in [2.24, 2.45) is 10.9 Å². The predicted octanol–water partition coefficient (Wildman–Crippen LogP) is 3.56. The van der Waals surface area contributed by atoms with Gasteiger partial charge in [0.1, 0.15) is 0 Å². The Balaban J connectivity index is 1.58. The molecule has 2 N–H and O–H groups in total. The predicted molar refractivity (Wildman–Crippen MR) is 121 cm³/mol. The minimum absolute atomic E-state index is 0.420. The molecule has 2 unspecified atom stereocenters. The smallest absolute Gasteiger partial charge is 0.191 e. The van der Waals surface area contributed by atoms with Gasteiger partial charge >= 0.3 is 0 Å². The second-order valence-corrected chi connectivity index (χ2v) is 9.45. The number of nitrogens with zero attached hydrogens (tertiary/aromatic N) is 3. The van der Waals surface area contributed by atoms with E-state index in [-0.39, 0.29) is 0 Å². The largest absolute Gasteiger partial charge is 0.357 e. The SMILES string of the molecule is CCNC(=NCC(c1cccs1)N1CCCC1)NCC1CCCN(C(C)C)C1. The van der Waals surface area contributed by atoms with Crippen LogP contribution < -0.4 is 10.6 Å². The lowest BCUT2D eigenvalue weighted by atomic mass is 9.97. The molecule has 0 bridgehead atoms. The minimum atomic E-state index is 0.420. The molecule has 2 fully saturated rings. The van der Waals surface area contributed by atoms with Gasteiger partial charge in [0.2, 0.25) is 0 Å². The topological polar surface area (TPSA) is 42.9 Å². The zero-order chi connectivity index (χ0) is 19.8. The molecule has 1 aromatic rings. The van der Waals surface area contributed by atoms with Gasteiger partial charge in [-0.05, 0) is 83.5 Å². The third kappa shape index (κ3) is 6.19. The van der Waals surface area contributed by atoms with Crippen molar-refractivity contribution in [3.8, 4) is 0 Å². The maximum absolute atomic E-state index is 5.00. The Bertz CT molecular complexity index is 580. The maximum atomic E-state index is 5.00. The number of thiophene rings is 1. The van der Waals surface area contributed by atoms with E-state index in [4.69, 9.17) is 4.99 Å². The van der Waals surface area contributed by atoms with E-state index in [0.717, 1.165) is 25.6 Å². The van der Waals surface area contributed by atoms with Crippen molar-refractivity contribution in [3.05, 3.63) is 22.4 Å². The summed E-state index contributed by atoms with van der Waals surface area (Å²) in [5.41, 5.74) is 0. The molecule has 28 heavy (non-hydrogen) atoms. The number of rotatable bonds is 8. The summed E-state index contributed by atoms with van der Waals surface area (Å²) in [5.74, 6) is 1.69. The van der Waals surface area contributed by atoms with Crippen LogP contribution in [0, 0.1) is 5.92 Å². The van der Waals surface area contributed by atoms with Gasteiger partial charge in [0.25, 0.3) is 0 Å². The van der Waals surface area contributed by atoms with E-state index >= 15 is 0 Å². The van der Waals surface area contributed by atoms with Crippen LogP contribution in [0.2, 0.25) is 0 Å². The highest BCUT2D eigenvalue weighted by Crippen LogP contribution is 2.28. The van der Waals surface area contributed by atoms with Crippen LogP contribution in [0.25, 0.3) is 0 Å². The summed E-state index contributed by atoms with van der Waals surface area (Å²) >= 11 is 1.86. The average molecular weight is 406 g/mol. The Hall–Kier alpha value is -1.11. The molecule has 3 heterocycles. The van der Waals surface area contributed by atoms with Crippen LogP contribution in [-0.4, -0.2) is 67.6 Å². The normalized spacial score (nSPS) is 23.3. The number of hydrogen-bond acceptors (Lipinski definition) is 4. The molecule has 2 aliphatic rings. The molecule has 1 aromatic heterocycles. The third-order valence-corrected chi connectivity index (χ3v) is 7.03. The van der Waals surface area contributed by atoms with Gasteiger partial charge < -0.3 is 15.5 Å². The van der Waals surface area contributed by atoms with Crippen LogP contribution in [0.3, 0.4) is 0 Å². The molecule has 0 aromatic carbocycles. The van der Waals surface area contributed by atoms with Gasteiger partial charge in [0, 0.05) is 30.6 Å². The number of nitrogens with one attached hydrogen (secondary N) is 2. The molecule has 2 aliphatic heterocycles. The van der Waals surface area contributed by atoms with Gasteiger partial charge in [0.05, 0.1) is 12.6 Å². The summed E-state index contributed by atoms with van der Waals surface area (Å²) in [6.45, 7) is 14.4. The molecule has 0 spiro atoms. The number of piperidine rings is 1. The lowest BCUT2D eigenvalue weighted by Gasteiger charge is -2.35. The van der Waals surface area contributed by atoms with Crippen LogP contribution in [0.4, 0.5) is 0 Å². The van der Waals surface area contributed by atoms with Gasteiger partial charge in [-0.15, -0.1) is 11.3 Å². The molecule has 0 radical (unpaired) electrons. The maximum Gasteiger partial charge on any atom is 0.191 e. The van der Waals surface area contributed by atoms with Crippen LogP contribution in [0.5, 0.6) is 0 Å². The first kappa shape index (κ1) is 21.6. The Labute approximate surface area is 175 Å². The van der Waals surface area contributed by atoms with Crippen molar-refractivity contribution in [3.63, 3.8) is 0 Å². The third-order valence-electron chi connectivity index (χ3n) is 6.06. The molecular weight excluding hydrogens is 366 g/mol. The van der Waals surface area contributed by atoms with Crippen molar-refractivity contribution < 1.29 is 0 Å². The summed E-state index contributed by atoms with van der Waals surface area (Å²) in [6.07, 6.45) is 5.27. The van der Waals surface area contributed by atoms with E-state index in [2.05, 4.69) is 58.7 Å². The average Bonchev–Trinajstić information content (AvgIpc) is 3.41. The quantitative estimate of drug-likeness (QED) is 0.513. The summed E-state index contributed by atoms with van der Waals surface area (Å²) < 4.78 is 0. The van der Waals surface area contributed by atoms with E-state index in [1.807, 2.05) is 11.3 Å². The fraction of sp³-hybridized carbons (Fsp3) is 0.773. The van der Waals surface area contributed by atoms with Crippen molar-refractivity contribution in [1.82, 2.24) is 20.4 Å². The zero-order valence-electron chi connectivity index (χ0n) is 18.0. The summed E-state index contributed by atoms with van der Waals surface area (Å²) in [5, 5.41) is 9.29. The monoisotopic (exact) mass is 405 g/mol. The van der Waals surface area contributed by atoms with Crippen molar-refractivity contribution in [1.29, 1.82) is 0 Å². The number of aliphatic imine (C=N–C) groups is 1. The first-order valence-corrected chi connectivity index (χ1v) is 12.1. The van der Waals surface area contributed by atoms with E-state index < -0.39 is 0 Å². The molecule has 0 aliphatic carbocycles. The standard InChI is InChI=1S/C22H39N5S/c1-4-23-22(24-15-19-9-7-13-27(17-19)18(2)3)25-16-20(21-10-8-14-28-21)26-11-5-6-12-26/h8,10,14,18-20H,4-7,9,11-13,15-17H2,1-3H3,(H2,23,24,25). The lowest BCUT2D eigenvalue weighted by molar-refractivity contribution is 0.141. The van der Waals surface area contributed by atoms with E-state index in [1.165, 1.54) is 56.7 Å². The highest BCUT2D eigenvalue weighted by atomic mass is 32.1. The Morgan fingerprint density at radius 2 is 1.96 bits per heavy atom. The first-order valence-electron chi connectivity index (χ1n) is 11.2. The van der Waals surface area contributed by atoms with E-state index in [9.17, 15) is 0 Å². The summed E-state index contributed by atoms with van der Waals surface area (Å²) in [6, 6.07) is 5.51. The summed E-state index contributed by atoms with van der Waals surface area (Å²) in [4.78, 5) is 11.7. The first-order chi connectivity index (χ1) is 13.7. The number of hydrogen-bond donors (Lipinski definition) is 2. The zero-order valence-corrected chi connectivity index (χ0v) is 18.8. The van der Waals surface area contributed by atoms with Gasteiger partial charge in [-0.1, -0.05) is 6.07 Å². The molecular formula is C22H39N5S. The van der Waals surface area contributed by atoms with Gasteiger partial charge in [0.15, 0.2) is 5.96 Å². The van der Waals surface area contributed by atoms with E-state index in [0.29, 0.717) is 18.0 Å². The molecule has 0 amide bonds. The van der Waals surface area contributed by atoms with Crippen LogP contribution >= 0.6 is 11.3 Å². The fourth-order valence-corrected chi connectivity index (χ4v) is 5.27. The molecule has 158 valence electrons. The molecule has 2 atom stereocenters. The Morgan fingerprint density at radius 1 is 1.18 bits per heavy atom. The van der Waals surface area contributed by atoms with Crippen molar-refractivity contribution >= 4 is 17.3 Å². The number of guanidine groups is 1. The van der Waals surface area contributed by atoms with Gasteiger partial charge in [-0.2, -0.15) is 0 Å². The van der Waals surface area contributed by atoms with Crippen LogP contribution in [0.1, 0.15) is 57.4 Å². The summed E-state index contributed by atoms with van der Waals surface area (Å²) in [7, 11) is 0. The van der Waals surface area contributed by atoms with Gasteiger partial charge in [-0.3, -0.25) is 9.89 Å². The number of likely N-dealkylation sites (tertiary alicyclic amines) is 2. The highest BCUT2D eigenvalue weighted by Gasteiger charge is 2.25.